The van der Waals surface area contributed by atoms with Gasteiger partial charge in [-0.05, 0) is 241 Å². The van der Waals surface area contributed by atoms with E-state index >= 15 is 0 Å². The molecule has 0 bridgehead atoms. The Labute approximate surface area is 641 Å². The van der Waals surface area contributed by atoms with Crippen LogP contribution in [0.25, 0.3) is 194 Å². The Morgan fingerprint density at radius 1 is 0.176 bits per heavy atom. The summed E-state index contributed by atoms with van der Waals surface area (Å²) in [6.45, 7) is 15.3. The third kappa shape index (κ3) is 9.45. The van der Waals surface area contributed by atoms with Crippen LogP contribution < -0.4 is 0 Å². The van der Waals surface area contributed by atoms with Gasteiger partial charge >= 0.3 is 0 Å². The molecule has 0 unspecified atom stereocenters. The molecule has 0 aliphatic heterocycles. The molecule has 3 heteroatoms. The molecule has 510 valence electrons. The van der Waals surface area contributed by atoms with E-state index in [9.17, 15) is 0 Å². The number of hydrogen-bond acceptors (Lipinski definition) is 3. The molecule has 0 amide bonds. The highest BCUT2D eigenvalue weighted by Crippen LogP contribution is 2.69. The number of fused-ring (bicyclic) bond motifs is 21. The first-order valence-electron chi connectivity index (χ1n) is 37.8. The van der Waals surface area contributed by atoms with Crippen molar-refractivity contribution in [1.82, 2.24) is 0 Å². The monoisotopic (exact) mass is 1430 g/mol. The van der Waals surface area contributed by atoms with Crippen LogP contribution in [0.2, 0.25) is 0 Å². The highest BCUT2D eigenvalue weighted by atomic mass is 32.1. The van der Waals surface area contributed by atoms with Gasteiger partial charge in [0.1, 0.15) is 0 Å². The predicted molar refractivity (Wildman–Crippen MR) is 467 cm³/mol. The van der Waals surface area contributed by atoms with Gasteiger partial charge in [0.2, 0.25) is 0 Å². The van der Waals surface area contributed by atoms with Gasteiger partial charge in [0.05, 0.1) is 0 Å². The molecule has 108 heavy (non-hydrogen) atoms. The number of thiophene rings is 3. The second-order valence-electron chi connectivity index (χ2n) is 31.7. The van der Waals surface area contributed by atoms with Crippen molar-refractivity contribution in [3.63, 3.8) is 0 Å². The molecule has 0 atom stereocenters. The summed E-state index contributed by atoms with van der Waals surface area (Å²) in [5.74, 6) is 0. The fraction of sp³-hybridized carbons (Fsp3) is 0.0857. The average molecular weight is 1430 g/mol. The smallest absolute Gasteiger partial charge is 0.0434 e. The zero-order valence-corrected chi connectivity index (χ0v) is 63.4. The molecule has 3 aliphatic rings. The Morgan fingerprint density at radius 3 is 0.639 bits per heavy atom. The van der Waals surface area contributed by atoms with Crippen LogP contribution in [-0.2, 0) is 16.2 Å². The Hall–Kier alpha value is -11.8. The fourth-order valence-electron chi connectivity index (χ4n) is 19.3. The van der Waals surface area contributed by atoms with Gasteiger partial charge in [-0.2, -0.15) is 0 Å². The second-order valence-corrected chi connectivity index (χ2v) is 34.9. The Morgan fingerprint density at radius 2 is 0.389 bits per heavy atom. The summed E-state index contributed by atoms with van der Waals surface area (Å²) >= 11 is 5.79. The third-order valence-electron chi connectivity index (χ3n) is 24.5. The highest BCUT2D eigenvalue weighted by molar-refractivity contribution is 7.27. The first-order chi connectivity index (χ1) is 52.8. The van der Waals surface area contributed by atoms with Crippen molar-refractivity contribution >= 4 is 94.5 Å². The lowest BCUT2D eigenvalue weighted by atomic mass is 9.71. The van der Waals surface area contributed by atoms with Gasteiger partial charge in [-0.15, -0.1) is 34.0 Å². The van der Waals surface area contributed by atoms with E-state index in [4.69, 9.17) is 0 Å². The summed E-state index contributed by atoms with van der Waals surface area (Å²) in [7, 11) is 0. The number of rotatable bonds is 9. The van der Waals surface area contributed by atoms with Crippen molar-refractivity contribution in [3.05, 3.63) is 361 Å². The van der Waals surface area contributed by atoms with Crippen LogP contribution in [0.15, 0.2) is 328 Å². The van der Waals surface area contributed by atoms with Crippen LogP contribution in [0.3, 0.4) is 0 Å². The lowest BCUT2D eigenvalue weighted by molar-refractivity contribution is 0.636. The molecule has 0 N–H and O–H groups in total. The van der Waals surface area contributed by atoms with Gasteiger partial charge in [-0.25, -0.2) is 0 Å². The zero-order chi connectivity index (χ0) is 72.1. The van der Waals surface area contributed by atoms with Gasteiger partial charge in [0.15, 0.2) is 0 Å². The molecule has 0 spiro atoms. The van der Waals surface area contributed by atoms with E-state index < -0.39 is 16.2 Å². The Bertz CT molecular complexity index is 6310. The third-order valence-corrected chi connectivity index (χ3v) is 28.2. The quantitative estimate of drug-likeness (QED) is 0.135. The van der Waals surface area contributed by atoms with E-state index in [1.807, 2.05) is 34.0 Å². The maximum Gasteiger partial charge on any atom is 0.0434 e. The molecular weight excluding hydrogens is 1360 g/mol. The van der Waals surface area contributed by atoms with Crippen molar-refractivity contribution in [1.29, 1.82) is 0 Å². The summed E-state index contributed by atoms with van der Waals surface area (Å²) in [4.78, 5) is 0. The predicted octanol–water partition coefficient (Wildman–Crippen LogP) is 30.7. The van der Waals surface area contributed by atoms with Crippen LogP contribution in [0.4, 0.5) is 0 Å². The van der Waals surface area contributed by atoms with Crippen LogP contribution >= 0.6 is 34.0 Å². The standard InChI is InChI=1S/C105H72S3/c1-103(2)88-43-37-70(76-55-73(64-31-19-10-20-32-64)58-82-79-49-67(61-25-13-7-14-26-61)40-46-91(79)106-100(76)82)52-85(88)94-97(103)95-86-53-71(77-56-74(65-33-21-11-22-34-65)59-83-80-50-68(62-27-15-8-16-28-62)41-47-92(80)107-101(77)83)38-44-89(86)104(3,4)99(95)96-87-54-72(39-45-90(87)105(5,6)98(94)96)78-57-75(66-35-23-12-24-36-66)60-84-81-51-69(63-29-17-9-18-30-63)42-48-93(81)108-102(78)84/h7-60H,1-6H3. The molecule has 3 heterocycles. The largest absolute Gasteiger partial charge is 0.135 e. The number of benzene rings is 16. The van der Waals surface area contributed by atoms with Gasteiger partial charge in [0.25, 0.3) is 0 Å². The molecular formula is C105H72S3. The Kier molecular flexibility index (Phi) is 13.9. The van der Waals surface area contributed by atoms with Gasteiger partial charge in [-0.3, -0.25) is 0 Å². The molecule has 3 aromatic heterocycles. The fourth-order valence-corrected chi connectivity index (χ4v) is 22.9. The minimum absolute atomic E-state index is 0.397. The topological polar surface area (TPSA) is 0 Å². The normalized spacial score (nSPS) is 14.1. The van der Waals surface area contributed by atoms with E-state index in [0.717, 1.165) is 0 Å². The lowest BCUT2D eigenvalue weighted by Gasteiger charge is -2.31. The molecule has 0 saturated heterocycles. The van der Waals surface area contributed by atoms with E-state index in [2.05, 4.69) is 369 Å². The van der Waals surface area contributed by atoms with E-state index in [0.29, 0.717) is 0 Å². The van der Waals surface area contributed by atoms with Gasteiger partial charge in [-0.1, -0.05) is 278 Å². The highest BCUT2D eigenvalue weighted by Gasteiger charge is 2.53. The van der Waals surface area contributed by atoms with Gasteiger partial charge < -0.3 is 0 Å². The van der Waals surface area contributed by atoms with Crippen LogP contribution in [-0.4, -0.2) is 0 Å². The maximum absolute atomic E-state index is 2.63. The van der Waals surface area contributed by atoms with E-state index in [1.54, 1.807) is 0 Å². The first-order valence-corrected chi connectivity index (χ1v) is 40.3. The van der Waals surface area contributed by atoms with Crippen molar-refractivity contribution in [2.24, 2.45) is 0 Å². The molecule has 0 saturated carbocycles. The summed E-state index contributed by atoms with van der Waals surface area (Å²) < 4.78 is 7.84. The second kappa shape index (κ2) is 23.6. The van der Waals surface area contributed by atoms with Gasteiger partial charge in [0, 0.05) is 93.5 Å². The molecule has 16 aromatic carbocycles. The minimum Gasteiger partial charge on any atom is -0.135 e. The lowest BCUT2D eigenvalue weighted by Crippen LogP contribution is -2.22. The van der Waals surface area contributed by atoms with Crippen molar-refractivity contribution in [3.8, 4) is 134 Å². The first kappa shape index (κ1) is 63.5. The van der Waals surface area contributed by atoms with Crippen molar-refractivity contribution < 1.29 is 0 Å². The van der Waals surface area contributed by atoms with Crippen LogP contribution in [0.5, 0.6) is 0 Å². The molecule has 22 rings (SSSR count). The Balaban J connectivity index is 0.809. The minimum atomic E-state index is -0.397. The molecule has 3 aliphatic carbocycles. The average Bonchev–Trinajstić information content (AvgIpc) is 1.49. The van der Waals surface area contributed by atoms with Crippen molar-refractivity contribution in [2.75, 3.05) is 0 Å². The number of hydrogen-bond donors (Lipinski definition) is 0. The van der Waals surface area contributed by atoms with Crippen molar-refractivity contribution in [2.45, 2.75) is 57.8 Å². The molecule has 0 radical (unpaired) electrons. The zero-order valence-electron chi connectivity index (χ0n) is 60.9. The molecule has 0 fully saturated rings. The van der Waals surface area contributed by atoms with Crippen LogP contribution in [0.1, 0.15) is 74.9 Å². The summed E-state index contributed by atoms with van der Waals surface area (Å²) in [6.07, 6.45) is 0. The molecule has 19 aromatic rings. The summed E-state index contributed by atoms with van der Waals surface area (Å²) in [6, 6.07) is 125. The summed E-state index contributed by atoms with van der Waals surface area (Å²) in [5, 5.41) is 7.78. The van der Waals surface area contributed by atoms with E-state index in [-0.39, 0.29) is 0 Å². The van der Waals surface area contributed by atoms with E-state index in [1.165, 1.54) is 227 Å². The maximum atomic E-state index is 2.63. The summed E-state index contributed by atoms with van der Waals surface area (Å²) in [5.41, 5.74) is 37.8. The molecule has 0 nitrogen and oxygen atoms in total. The SMILES string of the molecule is CC1(C)c2ccc(-c3cc(-c4ccccc4)cc4c3sc3ccc(-c5ccccc5)cc34)cc2-c2c1c1c(c3c2C(C)(C)c2ccc(-c4cc(-c5ccccc5)cc5c4sc4ccc(-c6ccccc6)cc45)cc2-3)C(C)(C)c2ccc(-c3cc(-c4ccccc4)cc4c3sc3ccc(-c5ccccc5)cc34)cc2-1. The van der Waals surface area contributed by atoms with Crippen LogP contribution in [0, 0.1) is 0 Å².